The number of urea groups is 1. The number of carbonyl (C=O) groups excluding carboxylic acids is 4. The molecule has 0 radical (unpaired) electrons. The van der Waals surface area contributed by atoms with Crippen LogP contribution in [0.2, 0.25) is 0 Å². The van der Waals surface area contributed by atoms with Gasteiger partial charge >= 0.3 is 6.03 Å². The number of hydrogen-bond donors (Lipinski definition) is 8. The van der Waals surface area contributed by atoms with Crippen LogP contribution >= 0.6 is 0 Å². The Morgan fingerprint density at radius 1 is 1.15 bits per heavy atom. The van der Waals surface area contributed by atoms with Gasteiger partial charge in [0.05, 0.1) is 29.4 Å². The summed E-state index contributed by atoms with van der Waals surface area (Å²) in [6, 6.07) is 1.03. The summed E-state index contributed by atoms with van der Waals surface area (Å²) in [5, 5.41) is 62.7. The molecule has 1 unspecified atom stereocenters. The molecule has 1 fully saturated rings. The number of ketones is 2. The largest absolute Gasteiger partial charge is 0.508 e. The summed E-state index contributed by atoms with van der Waals surface area (Å²) in [4.78, 5) is 53.0. The normalized spacial score (nSPS) is 33.2. The fourth-order valence-electron chi connectivity index (χ4n) is 6.97. The van der Waals surface area contributed by atoms with E-state index in [9.17, 15) is 44.7 Å². The average Bonchev–Trinajstić information content (AvgIpc) is 2.80. The van der Waals surface area contributed by atoms with E-state index in [2.05, 4.69) is 10.6 Å². The summed E-state index contributed by atoms with van der Waals surface area (Å²) in [5.41, 5.74) is -0.583. The van der Waals surface area contributed by atoms with Crippen LogP contribution in [-0.4, -0.2) is 96.9 Å². The first-order valence-corrected chi connectivity index (χ1v) is 13.3. The molecule has 3 amide bonds. The number of nitrogens with zero attached hydrogens (tertiary/aromatic N) is 1. The van der Waals surface area contributed by atoms with Gasteiger partial charge in [0.25, 0.3) is 0 Å². The van der Waals surface area contributed by atoms with E-state index < -0.39 is 100 Å². The van der Waals surface area contributed by atoms with E-state index in [4.69, 9.17) is 5.73 Å². The van der Waals surface area contributed by atoms with Crippen molar-refractivity contribution in [3.05, 3.63) is 34.6 Å². The summed E-state index contributed by atoms with van der Waals surface area (Å²) < 4.78 is 0. The number of nitrogens with two attached hydrogens (primary N) is 1. The van der Waals surface area contributed by atoms with Crippen LogP contribution < -0.4 is 16.4 Å². The average molecular weight is 575 g/mol. The Morgan fingerprint density at radius 3 is 2.29 bits per heavy atom. The van der Waals surface area contributed by atoms with Crippen molar-refractivity contribution in [2.45, 2.75) is 75.3 Å². The third-order valence-electron chi connectivity index (χ3n) is 8.43. The maximum Gasteiger partial charge on any atom is 0.319 e. The summed E-state index contributed by atoms with van der Waals surface area (Å²) in [6.45, 7) is 6.91. The molecule has 13 heteroatoms. The number of aliphatic hydroxyl groups is 4. The number of phenolic OH excluding ortho intramolecular Hbond substituents is 1. The predicted molar refractivity (Wildman–Crippen MR) is 146 cm³/mol. The number of primary amides is 1. The van der Waals surface area contributed by atoms with Gasteiger partial charge in [-0.2, -0.15) is 0 Å². The number of aliphatic hydroxyl groups excluding tert-OH is 2. The molecule has 9 N–H and O–H groups in total. The van der Waals surface area contributed by atoms with Crippen molar-refractivity contribution in [1.82, 2.24) is 10.2 Å². The van der Waals surface area contributed by atoms with Gasteiger partial charge in [-0.15, -0.1) is 0 Å². The van der Waals surface area contributed by atoms with E-state index in [0.29, 0.717) is 5.56 Å². The van der Waals surface area contributed by atoms with Gasteiger partial charge in [0.2, 0.25) is 5.91 Å². The molecule has 0 aromatic heterocycles. The second-order valence-corrected chi connectivity index (χ2v) is 12.7. The van der Waals surface area contributed by atoms with Gasteiger partial charge in [-0.3, -0.25) is 14.4 Å². The van der Waals surface area contributed by atoms with Gasteiger partial charge in [-0.25, -0.2) is 4.79 Å². The van der Waals surface area contributed by atoms with Crippen LogP contribution in [0.3, 0.4) is 0 Å². The monoisotopic (exact) mass is 574 g/mol. The molecule has 1 saturated carbocycles. The molecule has 0 bridgehead atoms. The molecule has 13 nitrogen and oxygen atoms in total. The van der Waals surface area contributed by atoms with Gasteiger partial charge in [-0.1, -0.05) is 13.0 Å². The quantitative estimate of drug-likeness (QED) is 0.229. The topological polar surface area (TPSA) is 223 Å². The van der Waals surface area contributed by atoms with Crippen molar-refractivity contribution >= 4 is 29.2 Å². The Bertz CT molecular complexity index is 1370. The number of amides is 3. The van der Waals surface area contributed by atoms with E-state index in [0.717, 1.165) is 0 Å². The molecule has 0 aliphatic heterocycles. The molecular formula is C28H38N4O9. The SMILES string of the molecule is C[C@H]1c2ccc(NC(=O)NC(C)(C)C)c(O)c2C(=O)C2=C(O)[C@]3(O)C(=O)CC(O)(CC(N)=O)[C@@H](N(C)C)[C@@H]3[C@@H](O)[C@@H]21. The highest BCUT2D eigenvalue weighted by molar-refractivity contribution is 6.16. The second-order valence-electron chi connectivity index (χ2n) is 12.7. The van der Waals surface area contributed by atoms with Gasteiger partial charge in [-0.05, 0) is 52.4 Å². The molecule has 3 aliphatic rings. The lowest BCUT2D eigenvalue weighted by molar-refractivity contribution is -0.203. The Morgan fingerprint density at radius 2 is 1.76 bits per heavy atom. The van der Waals surface area contributed by atoms with Crippen LogP contribution in [0.4, 0.5) is 10.5 Å². The fourth-order valence-corrected chi connectivity index (χ4v) is 6.97. The molecule has 7 atom stereocenters. The molecule has 1 aromatic rings. The highest BCUT2D eigenvalue weighted by atomic mass is 16.4. The number of benzene rings is 1. The number of phenols is 1. The fraction of sp³-hybridized carbons (Fsp3) is 0.571. The Hall–Kier alpha value is -3.52. The zero-order valence-electron chi connectivity index (χ0n) is 23.8. The van der Waals surface area contributed by atoms with Crippen molar-refractivity contribution in [2.24, 2.45) is 17.6 Å². The minimum absolute atomic E-state index is 0.0875. The summed E-state index contributed by atoms with van der Waals surface area (Å²) in [6.07, 6.45) is -3.10. The van der Waals surface area contributed by atoms with Crippen LogP contribution in [0.1, 0.15) is 62.4 Å². The predicted octanol–water partition coefficient (Wildman–Crippen LogP) is 0.272. The van der Waals surface area contributed by atoms with E-state index in [1.54, 1.807) is 27.7 Å². The number of likely N-dealkylation sites (N-methyl/N-ethyl adjacent to an activating group) is 1. The number of aromatic hydroxyl groups is 1. The molecule has 0 saturated heterocycles. The van der Waals surface area contributed by atoms with Crippen LogP contribution in [-0.2, 0) is 9.59 Å². The Balaban J connectivity index is 1.87. The second kappa shape index (κ2) is 9.79. The zero-order valence-corrected chi connectivity index (χ0v) is 23.8. The first-order valence-electron chi connectivity index (χ1n) is 13.3. The van der Waals surface area contributed by atoms with Crippen molar-refractivity contribution in [3.8, 4) is 5.75 Å². The maximum absolute atomic E-state index is 13.9. The van der Waals surface area contributed by atoms with Gasteiger partial charge in [0.15, 0.2) is 22.9 Å². The van der Waals surface area contributed by atoms with Crippen molar-refractivity contribution in [3.63, 3.8) is 0 Å². The molecule has 0 heterocycles. The molecular weight excluding hydrogens is 536 g/mol. The summed E-state index contributed by atoms with van der Waals surface area (Å²) >= 11 is 0. The molecule has 0 spiro atoms. The van der Waals surface area contributed by atoms with Crippen LogP contribution in [0.5, 0.6) is 5.75 Å². The van der Waals surface area contributed by atoms with Crippen molar-refractivity contribution in [1.29, 1.82) is 0 Å². The lowest BCUT2D eigenvalue weighted by Gasteiger charge is -2.58. The zero-order chi connectivity index (χ0) is 31.0. The van der Waals surface area contributed by atoms with Crippen LogP contribution in [0.15, 0.2) is 23.5 Å². The molecule has 1 aromatic carbocycles. The maximum atomic E-state index is 13.9. The van der Waals surface area contributed by atoms with E-state index in [-0.39, 0.29) is 11.3 Å². The van der Waals surface area contributed by atoms with Crippen molar-refractivity contribution < 1.29 is 44.7 Å². The number of hydrogen-bond acceptors (Lipinski definition) is 10. The van der Waals surface area contributed by atoms with Crippen molar-refractivity contribution in [2.75, 3.05) is 19.4 Å². The number of rotatable bonds is 4. The highest BCUT2D eigenvalue weighted by Gasteiger charge is 2.69. The van der Waals surface area contributed by atoms with E-state index in [1.807, 2.05) is 0 Å². The van der Waals surface area contributed by atoms with Crippen LogP contribution in [0.25, 0.3) is 0 Å². The Kier molecular flexibility index (Phi) is 7.27. The first kappa shape index (κ1) is 30.4. The number of nitrogens with one attached hydrogen (secondary N) is 2. The van der Waals surface area contributed by atoms with Gasteiger partial charge in [0, 0.05) is 35.4 Å². The smallest absolute Gasteiger partial charge is 0.319 e. The lowest BCUT2D eigenvalue weighted by atomic mass is 9.52. The molecule has 4 rings (SSSR count). The van der Waals surface area contributed by atoms with Crippen LogP contribution in [0, 0.1) is 11.8 Å². The molecule has 3 aliphatic carbocycles. The minimum atomic E-state index is -2.78. The standard InChI is InChI=1S/C28H38N4O9/c1-11-12-7-8-13(30-25(39)31-26(2,3)4)20(35)17(12)21(36)18-16(11)22(37)19-23(32(5)6)27(40,10-15(29)34)9-14(33)28(19,41)24(18)38/h7-8,11,16,19,22-23,35,37-38,40-41H,9-10H2,1-6H3,(H2,29,34)(H2,30,31,39)/t11-,16+,19-,22-,23-,27?,28-/m0/s1. The summed E-state index contributed by atoms with van der Waals surface area (Å²) in [7, 11) is 3.03. The number of anilines is 1. The van der Waals surface area contributed by atoms with Gasteiger partial charge in [0.1, 0.15) is 5.76 Å². The first-order chi connectivity index (χ1) is 18.8. The Labute approximate surface area is 237 Å². The third-order valence-corrected chi connectivity index (χ3v) is 8.43. The highest BCUT2D eigenvalue weighted by Crippen LogP contribution is 2.57. The minimum Gasteiger partial charge on any atom is -0.508 e. The number of fused-ring (bicyclic) bond motifs is 3. The number of carbonyl (C=O) groups is 4. The molecule has 224 valence electrons. The van der Waals surface area contributed by atoms with E-state index >= 15 is 0 Å². The van der Waals surface area contributed by atoms with Gasteiger partial charge < -0.3 is 46.8 Å². The van der Waals surface area contributed by atoms with E-state index in [1.165, 1.54) is 31.1 Å². The lowest BCUT2D eigenvalue weighted by Crippen LogP contribution is -2.74. The molecule has 41 heavy (non-hydrogen) atoms. The third kappa shape index (κ3) is 4.66. The summed E-state index contributed by atoms with van der Waals surface area (Å²) in [5.74, 6) is -7.96. The number of Topliss-reactive ketones (excluding diaryl/α,β-unsaturated/α-hetero) is 2.